The van der Waals surface area contributed by atoms with E-state index in [0.717, 1.165) is 56.2 Å². The minimum Gasteiger partial charge on any atom is -0.317 e. The van der Waals surface area contributed by atoms with Crippen molar-refractivity contribution in [3.8, 4) is 0 Å². The summed E-state index contributed by atoms with van der Waals surface area (Å²) in [6.07, 6.45) is 2.96. The summed E-state index contributed by atoms with van der Waals surface area (Å²) in [6, 6.07) is 0.440. The van der Waals surface area contributed by atoms with Crippen molar-refractivity contribution in [2.45, 2.75) is 59.5 Å². The second-order valence-electron chi connectivity index (χ2n) is 5.38. The molecular weight excluding hydrogens is 284 g/mol. The number of hydrogen-bond acceptors (Lipinski definition) is 3. The summed E-state index contributed by atoms with van der Waals surface area (Å²) >= 11 is 6.51. The third-order valence-electron chi connectivity index (χ3n) is 4.23. The minimum absolute atomic E-state index is 0.440. The second-order valence-corrected chi connectivity index (χ2v) is 5.76. The highest BCUT2D eigenvalue weighted by molar-refractivity contribution is 6.31. The number of nitrogens with zero attached hydrogens (tertiary/aromatic N) is 3. The highest BCUT2D eigenvalue weighted by atomic mass is 35.5. The van der Waals surface area contributed by atoms with Gasteiger partial charge in [-0.3, -0.25) is 4.68 Å². The maximum absolute atomic E-state index is 6.51. The van der Waals surface area contributed by atoms with Crippen LogP contribution in [0.3, 0.4) is 0 Å². The molecule has 0 aliphatic heterocycles. The first-order valence-electron chi connectivity index (χ1n) is 8.24. The van der Waals surface area contributed by atoms with Crippen LogP contribution in [0.2, 0.25) is 5.02 Å². The van der Waals surface area contributed by atoms with Crippen molar-refractivity contribution >= 4 is 11.6 Å². The van der Waals surface area contributed by atoms with E-state index in [1.165, 1.54) is 5.69 Å². The van der Waals surface area contributed by atoms with E-state index < -0.39 is 0 Å². The molecule has 5 heteroatoms. The van der Waals surface area contributed by atoms with Crippen molar-refractivity contribution in [3.63, 3.8) is 0 Å². The highest BCUT2D eigenvalue weighted by Crippen LogP contribution is 2.23. The zero-order valence-electron chi connectivity index (χ0n) is 14.2. The van der Waals surface area contributed by atoms with Crippen molar-refractivity contribution in [1.82, 2.24) is 20.0 Å². The summed E-state index contributed by atoms with van der Waals surface area (Å²) < 4.78 is 2.06. The molecule has 0 bridgehead atoms. The molecule has 1 N–H and O–H groups in total. The lowest BCUT2D eigenvalue weighted by Crippen LogP contribution is -2.34. The van der Waals surface area contributed by atoms with Gasteiger partial charge in [0.05, 0.1) is 16.4 Å². The van der Waals surface area contributed by atoms with Crippen LogP contribution in [-0.2, 0) is 19.4 Å². The third kappa shape index (κ3) is 4.97. The Morgan fingerprint density at radius 3 is 2.38 bits per heavy atom. The zero-order chi connectivity index (χ0) is 15.8. The van der Waals surface area contributed by atoms with Crippen LogP contribution >= 0.6 is 11.6 Å². The van der Waals surface area contributed by atoms with Crippen LogP contribution in [0.1, 0.15) is 45.5 Å². The second kappa shape index (κ2) is 9.44. The fourth-order valence-corrected chi connectivity index (χ4v) is 3.02. The molecule has 0 amide bonds. The molecule has 1 rings (SSSR count). The highest BCUT2D eigenvalue weighted by Gasteiger charge is 2.18. The van der Waals surface area contributed by atoms with E-state index in [4.69, 9.17) is 11.6 Å². The first-order valence-corrected chi connectivity index (χ1v) is 8.62. The van der Waals surface area contributed by atoms with E-state index in [1.54, 1.807) is 0 Å². The molecule has 0 fully saturated rings. The zero-order valence-corrected chi connectivity index (χ0v) is 15.0. The van der Waals surface area contributed by atoms with Gasteiger partial charge in [-0.1, -0.05) is 32.4 Å². The fraction of sp³-hybridized carbons (Fsp3) is 0.812. The summed E-state index contributed by atoms with van der Waals surface area (Å²) in [5.74, 6) is 0. The predicted octanol–water partition coefficient (Wildman–Crippen LogP) is 2.98. The van der Waals surface area contributed by atoms with E-state index in [0.29, 0.717) is 6.04 Å². The lowest BCUT2D eigenvalue weighted by Gasteiger charge is -2.22. The van der Waals surface area contributed by atoms with Gasteiger partial charge >= 0.3 is 0 Å². The summed E-state index contributed by atoms with van der Waals surface area (Å²) in [6.45, 7) is 12.9. The standard InChI is InChI=1S/C16H31ClN4/c1-6-14-16(17)15(21(9-4)19-14)12-13(18-5)10-11-20(7-2)8-3/h13,18H,6-12H2,1-5H3. The monoisotopic (exact) mass is 314 g/mol. The smallest absolute Gasteiger partial charge is 0.0850 e. The van der Waals surface area contributed by atoms with Gasteiger partial charge in [-0.15, -0.1) is 0 Å². The van der Waals surface area contributed by atoms with Crippen molar-refractivity contribution in [2.24, 2.45) is 0 Å². The van der Waals surface area contributed by atoms with Crippen LogP contribution < -0.4 is 5.32 Å². The SMILES string of the molecule is CCc1nn(CC)c(CC(CCN(CC)CC)NC)c1Cl. The molecule has 0 aliphatic rings. The average Bonchev–Trinajstić information content (AvgIpc) is 2.82. The van der Waals surface area contributed by atoms with E-state index in [9.17, 15) is 0 Å². The summed E-state index contributed by atoms with van der Waals surface area (Å²) in [4.78, 5) is 2.46. The molecule has 0 saturated heterocycles. The number of aromatic nitrogens is 2. The number of nitrogens with one attached hydrogen (secondary N) is 1. The molecule has 0 radical (unpaired) electrons. The van der Waals surface area contributed by atoms with Crippen molar-refractivity contribution < 1.29 is 0 Å². The Morgan fingerprint density at radius 1 is 1.24 bits per heavy atom. The number of hydrogen-bond donors (Lipinski definition) is 1. The van der Waals surface area contributed by atoms with Gasteiger partial charge in [0.15, 0.2) is 0 Å². The molecule has 4 nitrogen and oxygen atoms in total. The van der Waals surface area contributed by atoms with Crippen LogP contribution in [-0.4, -0.2) is 47.4 Å². The van der Waals surface area contributed by atoms with Crippen LogP contribution in [0.5, 0.6) is 0 Å². The first kappa shape index (κ1) is 18.5. The number of rotatable bonds is 10. The van der Waals surface area contributed by atoms with Gasteiger partial charge in [0.25, 0.3) is 0 Å². The Bertz CT molecular complexity index is 413. The summed E-state index contributed by atoms with van der Waals surface area (Å²) in [5.41, 5.74) is 2.20. The average molecular weight is 315 g/mol. The quantitative estimate of drug-likeness (QED) is 0.721. The maximum atomic E-state index is 6.51. The van der Waals surface area contributed by atoms with E-state index >= 15 is 0 Å². The Balaban J connectivity index is 2.74. The molecule has 0 aromatic carbocycles. The lowest BCUT2D eigenvalue weighted by molar-refractivity contribution is 0.282. The molecule has 0 spiro atoms. The number of aryl methyl sites for hydroxylation is 2. The van der Waals surface area contributed by atoms with Gasteiger partial charge in [-0.05, 0) is 46.4 Å². The predicted molar refractivity (Wildman–Crippen MR) is 91.2 cm³/mol. The van der Waals surface area contributed by atoms with Gasteiger partial charge in [0.1, 0.15) is 0 Å². The van der Waals surface area contributed by atoms with Crippen LogP contribution in [0.4, 0.5) is 0 Å². The van der Waals surface area contributed by atoms with Crippen LogP contribution in [0.15, 0.2) is 0 Å². The molecule has 0 saturated carbocycles. The minimum atomic E-state index is 0.440. The molecule has 1 aromatic rings. The largest absolute Gasteiger partial charge is 0.317 e. The topological polar surface area (TPSA) is 33.1 Å². The molecule has 1 aromatic heterocycles. The van der Waals surface area contributed by atoms with Gasteiger partial charge < -0.3 is 10.2 Å². The van der Waals surface area contributed by atoms with E-state index in [1.807, 2.05) is 7.05 Å². The van der Waals surface area contributed by atoms with Crippen LogP contribution in [0, 0.1) is 0 Å². The Hall–Kier alpha value is -0.580. The maximum Gasteiger partial charge on any atom is 0.0850 e. The lowest BCUT2D eigenvalue weighted by atomic mass is 10.1. The Labute approximate surface area is 134 Å². The molecule has 1 heterocycles. The van der Waals surface area contributed by atoms with Crippen LogP contribution in [0.25, 0.3) is 0 Å². The normalized spacial score (nSPS) is 13.1. The number of likely N-dealkylation sites (N-methyl/N-ethyl adjacent to an activating group) is 1. The Morgan fingerprint density at radius 2 is 1.90 bits per heavy atom. The molecule has 0 aliphatic carbocycles. The van der Waals surface area contributed by atoms with Crippen molar-refractivity contribution in [2.75, 3.05) is 26.7 Å². The van der Waals surface area contributed by atoms with Gasteiger partial charge in [-0.25, -0.2) is 0 Å². The first-order chi connectivity index (χ1) is 10.1. The van der Waals surface area contributed by atoms with Gasteiger partial charge in [0, 0.05) is 19.0 Å². The summed E-state index contributed by atoms with van der Waals surface area (Å²) in [5, 5.41) is 8.91. The molecule has 1 unspecified atom stereocenters. The molecular formula is C16H31ClN4. The number of halogens is 1. The van der Waals surface area contributed by atoms with E-state index in [-0.39, 0.29) is 0 Å². The molecule has 21 heavy (non-hydrogen) atoms. The Kier molecular flexibility index (Phi) is 8.30. The van der Waals surface area contributed by atoms with Gasteiger partial charge in [0.2, 0.25) is 0 Å². The summed E-state index contributed by atoms with van der Waals surface area (Å²) in [7, 11) is 2.04. The molecule has 122 valence electrons. The van der Waals surface area contributed by atoms with Crippen molar-refractivity contribution in [3.05, 3.63) is 16.4 Å². The van der Waals surface area contributed by atoms with Gasteiger partial charge in [-0.2, -0.15) is 5.10 Å². The van der Waals surface area contributed by atoms with E-state index in [2.05, 4.69) is 47.7 Å². The molecule has 1 atom stereocenters. The van der Waals surface area contributed by atoms with Crippen molar-refractivity contribution in [1.29, 1.82) is 0 Å². The third-order valence-corrected chi connectivity index (χ3v) is 4.67. The fourth-order valence-electron chi connectivity index (χ4n) is 2.67.